The highest BCUT2D eigenvalue weighted by Crippen LogP contribution is 2.40. The Labute approximate surface area is 191 Å². The predicted octanol–water partition coefficient (Wildman–Crippen LogP) is 4.42. The molecule has 0 spiro atoms. The first-order valence-electron chi connectivity index (χ1n) is 10.1. The number of halogens is 1. The van der Waals surface area contributed by atoms with Crippen LogP contribution in [0.15, 0.2) is 78.6 Å². The lowest BCUT2D eigenvalue weighted by Gasteiger charge is -2.26. The van der Waals surface area contributed by atoms with E-state index in [1.165, 1.54) is 4.90 Å². The molecule has 1 amide bonds. The molecule has 4 rings (SSSR count). The molecule has 1 aliphatic heterocycles. The average molecular weight is 448 g/mol. The Morgan fingerprint density at radius 3 is 2.22 bits per heavy atom. The van der Waals surface area contributed by atoms with E-state index in [9.17, 15) is 14.7 Å². The summed E-state index contributed by atoms with van der Waals surface area (Å²) in [6.07, 6.45) is 3.28. The van der Waals surface area contributed by atoms with Gasteiger partial charge in [-0.05, 0) is 59.7 Å². The Balaban J connectivity index is 1.84. The number of ketones is 1. The Morgan fingerprint density at radius 1 is 1.00 bits per heavy atom. The van der Waals surface area contributed by atoms with Gasteiger partial charge in [-0.25, -0.2) is 0 Å². The fraction of sp³-hybridized carbons (Fsp3) is 0.160. The van der Waals surface area contributed by atoms with Gasteiger partial charge in [-0.3, -0.25) is 14.6 Å². The van der Waals surface area contributed by atoms with Crippen LogP contribution < -0.4 is 4.90 Å². The lowest BCUT2D eigenvalue weighted by atomic mass is 9.95. The molecule has 0 saturated carbocycles. The van der Waals surface area contributed by atoms with Crippen LogP contribution >= 0.6 is 11.6 Å². The summed E-state index contributed by atoms with van der Waals surface area (Å²) in [5.41, 5.74) is 3.04. The molecule has 0 aliphatic carbocycles. The first kappa shape index (κ1) is 21.6. The number of benzene rings is 2. The van der Waals surface area contributed by atoms with Crippen molar-refractivity contribution < 1.29 is 14.7 Å². The van der Waals surface area contributed by atoms with Crippen molar-refractivity contribution in [1.82, 2.24) is 9.88 Å². The second-order valence-electron chi connectivity index (χ2n) is 7.78. The zero-order valence-electron chi connectivity index (χ0n) is 17.7. The lowest BCUT2D eigenvalue weighted by molar-refractivity contribution is -0.140. The topological polar surface area (TPSA) is 73.7 Å². The number of carbonyl (C=O) groups is 2. The molecule has 6 nitrogen and oxygen atoms in total. The van der Waals surface area contributed by atoms with Crippen molar-refractivity contribution in [3.8, 4) is 0 Å². The zero-order chi connectivity index (χ0) is 22.8. The average Bonchev–Trinajstić information content (AvgIpc) is 3.05. The predicted molar refractivity (Wildman–Crippen MR) is 124 cm³/mol. The van der Waals surface area contributed by atoms with E-state index in [1.807, 2.05) is 43.3 Å². The summed E-state index contributed by atoms with van der Waals surface area (Å²) >= 11 is 5.97. The number of hydrogen-bond acceptors (Lipinski definition) is 5. The summed E-state index contributed by atoms with van der Waals surface area (Å²) in [5.74, 6) is -1.59. The first-order valence-corrected chi connectivity index (χ1v) is 10.4. The molecule has 1 unspecified atom stereocenters. The minimum Gasteiger partial charge on any atom is -0.507 e. The molecule has 1 N–H and O–H groups in total. The summed E-state index contributed by atoms with van der Waals surface area (Å²) in [5, 5.41) is 11.6. The highest BCUT2D eigenvalue weighted by Gasteiger charge is 2.46. The van der Waals surface area contributed by atoms with E-state index >= 15 is 0 Å². The number of hydrogen-bond donors (Lipinski definition) is 1. The number of nitrogens with zero attached hydrogens (tertiary/aromatic N) is 3. The van der Waals surface area contributed by atoms with E-state index in [0.29, 0.717) is 10.6 Å². The highest BCUT2D eigenvalue weighted by molar-refractivity contribution is 6.46. The molecule has 2 aromatic carbocycles. The fourth-order valence-electron chi connectivity index (χ4n) is 3.79. The van der Waals surface area contributed by atoms with Crippen molar-refractivity contribution in [2.24, 2.45) is 0 Å². The molecule has 2 heterocycles. The molecule has 0 bridgehead atoms. The number of aliphatic hydroxyl groups excluding tert-OH is 1. The molecule has 1 aliphatic rings. The van der Waals surface area contributed by atoms with Crippen LogP contribution in [0.3, 0.4) is 0 Å². The normalized spacial score (nSPS) is 17.6. The van der Waals surface area contributed by atoms with Crippen LogP contribution in [0.25, 0.3) is 5.76 Å². The Hall–Kier alpha value is -3.64. The van der Waals surface area contributed by atoms with Crippen molar-refractivity contribution in [3.63, 3.8) is 0 Å². The number of Topliss-reactive ketones (excluding diaryl/α,β-unsaturated/α-hetero) is 1. The van der Waals surface area contributed by atoms with Gasteiger partial charge in [-0.2, -0.15) is 0 Å². The zero-order valence-corrected chi connectivity index (χ0v) is 18.5. The third kappa shape index (κ3) is 4.09. The van der Waals surface area contributed by atoms with Crippen molar-refractivity contribution in [2.75, 3.05) is 19.0 Å². The SMILES string of the molecule is CN(C)c1ccc(C2/C(=C(/O)c3ccc(Cl)cc3)C(=O)C(=O)N2Cc2ccncc2)cc1. The van der Waals surface area contributed by atoms with Gasteiger partial charge in [0.2, 0.25) is 0 Å². The third-order valence-corrected chi connectivity index (χ3v) is 5.74. The van der Waals surface area contributed by atoms with E-state index in [1.54, 1.807) is 48.8 Å². The quantitative estimate of drug-likeness (QED) is 0.356. The molecule has 3 aromatic rings. The van der Waals surface area contributed by atoms with Crippen LogP contribution in [0, 0.1) is 0 Å². The van der Waals surface area contributed by atoms with Gasteiger partial charge in [0.05, 0.1) is 11.6 Å². The summed E-state index contributed by atoms with van der Waals surface area (Å²) in [6.45, 7) is 0.213. The minimum absolute atomic E-state index is 0.0592. The van der Waals surface area contributed by atoms with Crippen molar-refractivity contribution >= 4 is 34.7 Å². The van der Waals surface area contributed by atoms with Crippen molar-refractivity contribution in [2.45, 2.75) is 12.6 Å². The standard InChI is InChI=1S/C25H22ClN3O3/c1-28(2)20-9-5-17(6-10-20)22-21(23(30)18-3-7-19(26)8-4-18)24(31)25(32)29(22)15-16-11-13-27-14-12-16/h3-14,22,30H,15H2,1-2H3/b23-21-. The summed E-state index contributed by atoms with van der Waals surface area (Å²) in [7, 11) is 3.87. The second kappa shape index (κ2) is 8.85. The molecule has 0 radical (unpaired) electrons. The summed E-state index contributed by atoms with van der Waals surface area (Å²) in [6, 6.07) is 17.0. The number of amides is 1. The van der Waals surface area contributed by atoms with E-state index in [-0.39, 0.29) is 17.9 Å². The number of anilines is 1. The van der Waals surface area contributed by atoms with Gasteiger partial charge in [0.15, 0.2) is 0 Å². The Morgan fingerprint density at radius 2 is 1.62 bits per heavy atom. The van der Waals surface area contributed by atoms with E-state index in [0.717, 1.165) is 16.8 Å². The molecule has 7 heteroatoms. The van der Waals surface area contributed by atoms with Crippen molar-refractivity contribution in [3.05, 3.63) is 100 Å². The lowest BCUT2D eigenvalue weighted by Crippen LogP contribution is -2.29. The smallest absolute Gasteiger partial charge is 0.295 e. The number of likely N-dealkylation sites (tertiary alicyclic amines) is 1. The Kier molecular flexibility index (Phi) is 5.97. The van der Waals surface area contributed by atoms with Crippen LogP contribution in [0.1, 0.15) is 22.7 Å². The molecular weight excluding hydrogens is 426 g/mol. The van der Waals surface area contributed by atoms with E-state index < -0.39 is 17.7 Å². The molecular formula is C25H22ClN3O3. The maximum absolute atomic E-state index is 13.1. The van der Waals surface area contributed by atoms with Crippen LogP contribution in [-0.2, 0) is 16.1 Å². The van der Waals surface area contributed by atoms with Gasteiger partial charge in [0.25, 0.3) is 11.7 Å². The molecule has 32 heavy (non-hydrogen) atoms. The van der Waals surface area contributed by atoms with Gasteiger partial charge in [0, 0.05) is 49.3 Å². The van der Waals surface area contributed by atoms with Gasteiger partial charge in [0.1, 0.15) is 5.76 Å². The maximum atomic E-state index is 13.1. The van der Waals surface area contributed by atoms with Crippen LogP contribution in [0.5, 0.6) is 0 Å². The van der Waals surface area contributed by atoms with Gasteiger partial charge >= 0.3 is 0 Å². The first-order chi connectivity index (χ1) is 15.4. The number of aliphatic hydroxyl groups is 1. The molecule has 1 aromatic heterocycles. The molecule has 1 atom stereocenters. The van der Waals surface area contributed by atoms with Crippen LogP contribution in [0.4, 0.5) is 5.69 Å². The fourth-order valence-corrected chi connectivity index (χ4v) is 3.92. The second-order valence-corrected chi connectivity index (χ2v) is 8.21. The largest absolute Gasteiger partial charge is 0.507 e. The van der Waals surface area contributed by atoms with Gasteiger partial charge in [-0.15, -0.1) is 0 Å². The number of aromatic nitrogens is 1. The number of pyridine rings is 1. The van der Waals surface area contributed by atoms with E-state index in [4.69, 9.17) is 11.6 Å². The molecule has 1 saturated heterocycles. The van der Waals surface area contributed by atoms with Gasteiger partial charge < -0.3 is 14.9 Å². The van der Waals surface area contributed by atoms with E-state index in [2.05, 4.69) is 4.98 Å². The summed E-state index contributed by atoms with van der Waals surface area (Å²) in [4.78, 5) is 33.6. The van der Waals surface area contributed by atoms with Crippen LogP contribution in [0.2, 0.25) is 5.02 Å². The highest BCUT2D eigenvalue weighted by atomic mass is 35.5. The Bertz CT molecular complexity index is 1170. The number of carbonyl (C=O) groups excluding carboxylic acids is 2. The third-order valence-electron chi connectivity index (χ3n) is 5.49. The molecule has 162 valence electrons. The van der Waals surface area contributed by atoms with Crippen LogP contribution in [-0.4, -0.2) is 40.8 Å². The monoisotopic (exact) mass is 447 g/mol. The number of rotatable bonds is 5. The minimum atomic E-state index is -0.727. The maximum Gasteiger partial charge on any atom is 0.295 e. The molecule has 1 fully saturated rings. The van der Waals surface area contributed by atoms with Crippen molar-refractivity contribution in [1.29, 1.82) is 0 Å². The summed E-state index contributed by atoms with van der Waals surface area (Å²) < 4.78 is 0. The van der Waals surface area contributed by atoms with Gasteiger partial charge in [-0.1, -0.05) is 23.7 Å².